The Balaban J connectivity index is 2.46. The minimum absolute atomic E-state index is 0.0987. The molecule has 0 aromatic rings. The number of rotatable bonds is 6. The monoisotopic (exact) mass is 270 g/mol. The molecule has 0 saturated heterocycles. The Labute approximate surface area is 115 Å². The molecule has 0 heterocycles. The number of amides is 1. The van der Waals surface area contributed by atoms with Crippen LogP contribution in [0.1, 0.15) is 52.4 Å². The van der Waals surface area contributed by atoms with Crippen molar-refractivity contribution in [2.45, 2.75) is 64.5 Å². The highest BCUT2D eigenvalue weighted by Crippen LogP contribution is 2.23. The molecule has 5 nitrogen and oxygen atoms in total. The summed E-state index contributed by atoms with van der Waals surface area (Å²) in [4.78, 5) is 23.1. The van der Waals surface area contributed by atoms with E-state index in [0.717, 1.165) is 32.1 Å². The number of hydrogen-bond acceptors (Lipinski definition) is 3. The van der Waals surface area contributed by atoms with Gasteiger partial charge in [-0.3, -0.25) is 9.59 Å². The van der Waals surface area contributed by atoms with Crippen molar-refractivity contribution in [1.29, 1.82) is 0 Å². The van der Waals surface area contributed by atoms with Crippen LogP contribution in [0.4, 0.5) is 0 Å². The molecule has 1 aliphatic rings. The van der Waals surface area contributed by atoms with Crippen LogP contribution < -0.4 is 10.6 Å². The number of hydrogen-bond donors (Lipinski definition) is 3. The zero-order valence-electron chi connectivity index (χ0n) is 11.9. The van der Waals surface area contributed by atoms with E-state index in [0.29, 0.717) is 12.5 Å². The summed E-state index contributed by atoms with van der Waals surface area (Å²) in [5.74, 6) is -1.32. The van der Waals surface area contributed by atoms with Crippen molar-refractivity contribution in [1.82, 2.24) is 10.6 Å². The fourth-order valence-corrected chi connectivity index (χ4v) is 2.45. The number of carboxylic acids is 1. The van der Waals surface area contributed by atoms with Crippen LogP contribution in [0, 0.1) is 5.92 Å². The highest BCUT2D eigenvalue weighted by molar-refractivity contribution is 5.79. The maximum atomic E-state index is 11.8. The second-order valence-electron chi connectivity index (χ2n) is 5.45. The second-order valence-corrected chi connectivity index (χ2v) is 5.45. The second kappa shape index (κ2) is 8.15. The van der Waals surface area contributed by atoms with Crippen LogP contribution in [0.2, 0.25) is 0 Å². The zero-order valence-corrected chi connectivity index (χ0v) is 11.9. The molecule has 19 heavy (non-hydrogen) atoms. The van der Waals surface area contributed by atoms with Crippen molar-refractivity contribution in [2.75, 3.05) is 6.54 Å². The van der Waals surface area contributed by atoms with Crippen molar-refractivity contribution in [3.63, 3.8) is 0 Å². The number of carbonyl (C=O) groups is 2. The highest BCUT2D eigenvalue weighted by Gasteiger charge is 2.30. The Morgan fingerprint density at radius 2 is 1.95 bits per heavy atom. The lowest BCUT2D eigenvalue weighted by Crippen LogP contribution is -2.46. The predicted octanol–water partition coefficient (Wildman–Crippen LogP) is 1.52. The van der Waals surface area contributed by atoms with Gasteiger partial charge in [0, 0.05) is 12.1 Å². The quantitative estimate of drug-likeness (QED) is 0.639. The van der Waals surface area contributed by atoms with E-state index in [4.69, 9.17) is 0 Å². The van der Waals surface area contributed by atoms with Crippen LogP contribution in [0.25, 0.3) is 0 Å². The Morgan fingerprint density at radius 3 is 2.58 bits per heavy atom. The zero-order chi connectivity index (χ0) is 14.3. The minimum Gasteiger partial charge on any atom is -0.481 e. The molecular weight excluding hydrogens is 244 g/mol. The van der Waals surface area contributed by atoms with Gasteiger partial charge in [-0.1, -0.05) is 26.2 Å². The summed E-state index contributed by atoms with van der Waals surface area (Å²) in [6, 6.07) is 0.0846. The molecule has 1 saturated carbocycles. The van der Waals surface area contributed by atoms with Crippen molar-refractivity contribution in [2.24, 2.45) is 5.92 Å². The first kappa shape index (κ1) is 16.0. The van der Waals surface area contributed by atoms with E-state index in [2.05, 4.69) is 17.6 Å². The summed E-state index contributed by atoms with van der Waals surface area (Å²) in [6.45, 7) is 4.35. The van der Waals surface area contributed by atoms with Gasteiger partial charge in [0.25, 0.3) is 0 Å². The highest BCUT2D eigenvalue weighted by atomic mass is 16.4. The number of aliphatic carboxylic acids is 1. The Hall–Kier alpha value is -1.10. The maximum Gasteiger partial charge on any atom is 0.308 e. The first-order valence-corrected chi connectivity index (χ1v) is 7.30. The predicted molar refractivity (Wildman–Crippen MR) is 73.9 cm³/mol. The van der Waals surface area contributed by atoms with Crippen LogP contribution in [0.3, 0.4) is 0 Å². The summed E-state index contributed by atoms with van der Waals surface area (Å²) in [6.07, 6.45) is 5.39. The molecule has 0 radical (unpaired) electrons. The van der Waals surface area contributed by atoms with E-state index >= 15 is 0 Å². The summed E-state index contributed by atoms with van der Waals surface area (Å²) in [7, 11) is 0. The normalized spacial score (nSPS) is 25.4. The van der Waals surface area contributed by atoms with E-state index in [-0.39, 0.29) is 18.5 Å². The van der Waals surface area contributed by atoms with Gasteiger partial charge in [-0.05, 0) is 26.2 Å². The summed E-state index contributed by atoms with van der Waals surface area (Å²) in [5, 5.41) is 15.2. The fraction of sp³-hybridized carbons (Fsp3) is 0.857. The third kappa shape index (κ3) is 5.59. The summed E-state index contributed by atoms with van der Waals surface area (Å²) >= 11 is 0. The average molecular weight is 270 g/mol. The van der Waals surface area contributed by atoms with Crippen LogP contribution >= 0.6 is 0 Å². The molecule has 3 N–H and O–H groups in total. The van der Waals surface area contributed by atoms with Crippen molar-refractivity contribution < 1.29 is 14.7 Å². The van der Waals surface area contributed by atoms with E-state index in [1.807, 2.05) is 6.92 Å². The molecule has 0 bridgehead atoms. The Bertz CT molecular complexity index is 307. The maximum absolute atomic E-state index is 11.8. The van der Waals surface area contributed by atoms with Crippen LogP contribution in [0.5, 0.6) is 0 Å². The molecular formula is C14H26N2O3. The molecule has 1 aliphatic carbocycles. The Kier molecular flexibility index (Phi) is 6.84. The average Bonchev–Trinajstić information content (AvgIpc) is 2.61. The van der Waals surface area contributed by atoms with Gasteiger partial charge in [-0.2, -0.15) is 0 Å². The van der Waals surface area contributed by atoms with Gasteiger partial charge in [-0.15, -0.1) is 0 Å². The topological polar surface area (TPSA) is 78.4 Å². The van der Waals surface area contributed by atoms with Crippen molar-refractivity contribution >= 4 is 11.9 Å². The lowest BCUT2D eigenvalue weighted by atomic mass is 9.95. The van der Waals surface area contributed by atoms with Gasteiger partial charge in [0.15, 0.2) is 0 Å². The first-order valence-electron chi connectivity index (χ1n) is 7.30. The molecule has 0 spiro atoms. The van der Waals surface area contributed by atoms with Gasteiger partial charge >= 0.3 is 5.97 Å². The standard InChI is InChI=1S/C14H26N2O3/c1-3-10(2)15-9-13(17)16-12-8-6-4-5-7-11(12)14(18)19/h10-12,15H,3-9H2,1-2H3,(H,16,17)(H,18,19). The molecule has 0 aliphatic heterocycles. The molecule has 1 fully saturated rings. The SMILES string of the molecule is CCC(C)NCC(=O)NC1CCCCCC1C(=O)O. The lowest BCUT2D eigenvalue weighted by molar-refractivity contribution is -0.143. The first-order chi connectivity index (χ1) is 9.04. The lowest BCUT2D eigenvalue weighted by Gasteiger charge is -2.23. The van der Waals surface area contributed by atoms with E-state index in [9.17, 15) is 14.7 Å². The van der Waals surface area contributed by atoms with Crippen molar-refractivity contribution in [3.8, 4) is 0 Å². The molecule has 5 heteroatoms. The van der Waals surface area contributed by atoms with Gasteiger partial charge in [0.2, 0.25) is 5.91 Å². The summed E-state index contributed by atoms with van der Waals surface area (Å²) in [5.41, 5.74) is 0. The molecule has 0 aromatic carbocycles. The fourth-order valence-electron chi connectivity index (χ4n) is 2.45. The van der Waals surface area contributed by atoms with Gasteiger partial charge in [0.05, 0.1) is 12.5 Å². The number of carbonyl (C=O) groups excluding carboxylic acids is 1. The molecule has 110 valence electrons. The molecule has 0 aromatic heterocycles. The van der Waals surface area contributed by atoms with Crippen LogP contribution in [0.15, 0.2) is 0 Å². The molecule has 1 amide bonds. The van der Waals surface area contributed by atoms with E-state index in [1.54, 1.807) is 0 Å². The van der Waals surface area contributed by atoms with Gasteiger partial charge in [-0.25, -0.2) is 0 Å². The van der Waals surface area contributed by atoms with Gasteiger partial charge < -0.3 is 15.7 Å². The van der Waals surface area contributed by atoms with Crippen molar-refractivity contribution in [3.05, 3.63) is 0 Å². The van der Waals surface area contributed by atoms with Gasteiger partial charge in [0.1, 0.15) is 0 Å². The third-order valence-corrected chi connectivity index (χ3v) is 3.90. The number of carboxylic acid groups (broad SMARTS) is 1. The van der Waals surface area contributed by atoms with Crippen LogP contribution in [-0.4, -0.2) is 35.6 Å². The third-order valence-electron chi connectivity index (χ3n) is 3.90. The summed E-state index contributed by atoms with van der Waals surface area (Å²) < 4.78 is 0. The smallest absolute Gasteiger partial charge is 0.308 e. The molecule has 1 rings (SSSR count). The molecule has 3 unspecified atom stereocenters. The molecule has 3 atom stereocenters. The van der Waals surface area contributed by atoms with E-state index < -0.39 is 11.9 Å². The minimum atomic E-state index is -0.790. The Morgan fingerprint density at radius 1 is 1.26 bits per heavy atom. The largest absolute Gasteiger partial charge is 0.481 e. The van der Waals surface area contributed by atoms with Crippen LogP contribution in [-0.2, 0) is 9.59 Å². The van der Waals surface area contributed by atoms with E-state index in [1.165, 1.54) is 0 Å². The number of nitrogens with one attached hydrogen (secondary N) is 2.